The molecule has 0 saturated heterocycles. The molecule has 0 radical (unpaired) electrons. The average molecular weight is 1770 g/mol. The number of thioether (sulfide) groups is 1. The molecule has 18 aromatic rings. The Balaban J connectivity index is 0.000000131. The summed E-state index contributed by atoms with van der Waals surface area (Å²) in [6.45, 7) is 7.51. The van der Waals surface area contributed by atoms with Crippen molar-refractivity contribution in [3.05, 3.63) is 316 Å². The zero-order chi connectivity index (χ0) is 90.5. The molecule has 12 heterocycles. The fourth-order valence-electron chi connectivity index (χ4n) is 11.1. The Kier molecular flexibility index (Phi) is 28.5. The Hall–Kier alpha value is -17.2. The highest BCUT2D eigenvalue weighted by atomic mass is 35.5. The number of benzene rings is 6. The molecule has 636 valence electrons. The molecule has 0 fully saturated rings. The Morgan fingerprint density at radius 1 is 0.297 bits per heavy atom. The van der Waals surface area contributed by atoms with Gasteiger partial charge in [0.1, 0.15) is 15.9 Å². The first kappa shape index (κ1) is 88.6. The van der Waals surface area contributed by atoms with Crippen LogP contribution in [0.4, 0.5) is 0 Å². The summed E-state index contributed by atoms with van der Waals surface area (Å²) in [5, 5.41) is 102. The first-order valence-electron chi connectivity index (χ1n) is 37.3. The van der Waals surface area contributed by atoms with Crippen LogP contribution >= 0.6 is 35.0 Å². The van der Waals surface area contributed by atoms with E-state index in [4.69, 9.17) is 80.3 Å². The van der Waals surface area contributed by atoms with Crippen molar-refractivity contribution in [2.24, 2.45) is 0 Å². The number of aryl methyl sites for hydroxylation is 4. The topological polar surface area (TPSA) is 535 Å². The molecule has 6 N–H and O–H groups in total. The van der Waals surface area contributed by atoms with Gasteiger partial charge in [-0.05, 0) is 246 Å². The molecule has 0 atom stereocenters. The third kappa shape index (κ3) is 22.7. The van der Waals surface area contributed by atoms with Gasteiger partial charge >= 0.3 is 35.8 Å². The second kappa shape index (κ2) is 41.1. The van der Waals surface area contributed by atoms with Crippen LogP contribution in [0.3, 0.4) is 0 Å². The number of hydrogen-bond acceptors (Lipinski definition) is 31. The van der Waals surface area contributed by atoms with Crippen molar-refractivity contribution in [3.8, 4) is 138 Å². The van der Waals surface area contributed by atoms with Gasteiger partial charge in [0.25, 0.3) is 17.7 Å². The minimum Gasteiger partial charge on any atom is -0.478 e. The van der Waals surface area contributed by atoms with Crippen LogP contribution in [0.15, 0.2) is 281 Å². The summed E-state index contributed by atoms with van der Waals surface area (Å²) in [4.78, 5) is 89.8. The lowest BCUT2D eigenvalue weighted by Crippen LogP contribution is -1.94. The van der Waals surface area contributed by atoms with Gasteiger partial charge in [-0.3, -0.25) is 15.0 Å². The molecule has 0 amide bonds. The second-order valence-corrected chi connectivity index (χ2v) is 28.1. The van der Waals surface area contributed by atoms with Gasteiger partial charge in [-0.2, -0.15) is 0 Å². The molecule has 0 unspecified atom stereocenters. The van der Waals surface area contributed by atoms with E-state index in [0.717, 1.165) is 44.4 Å². The van der Waals surface area contributed by atoms with E-state index >= 15 is 0 Å². The SMILES string of the molecule is CSc1ncccc1-c1nnc(-c2ccc(C(=O)O)cc2)o1.Cc1ccc(-c2nnc(-c3ccc(C(=O)O)cc3)o2)cn1.Cc1cccc(-c2nnc(-c3ccc(C(=O)O)cc3)o2)n1.Cc1cncc(-c2nnc(-c3ccc(C(=O)O)cc3)o2)c1.Cc1ncc(-c2nnc(-c3ccc(C(=O)O)cc3)o2)cc1Cl.O=C(O)c1ccc(-c2nnc(-c3cccnc3Cl)o2)cc1. The Labute approximate surface area is 735 Å². The van der Waals surface area contributed by atoms with E-state index in [1.54, 1.807) is 147 Å². The van der Waals surface area contributed by atoms with Gasteiger partial charge in [0.15, 0.2) is 0 Å². The van der Waals surface area contributed by atoms with Crippen LogP contribution in [0.2, 0.25) is 10.2 Å². The predicted octanol–water partition coefficient (Wildman–Crippen LogP) is 18.2. The van der Waals surface area contributed by atoms with Gasteiger partial charge in [0.05, 0.1) is 71.9 Å². The zero-order valence-corrected chi connectivity index (χ0v) is 69.3. The van der Waals surface area contributed by atoms with Crippen molar-refractivity contribution in [3.63, 3.8) is 0 Å². The summed E-state index contributed by atoms with van der Waals surface area (Å²) >= 11 is 13.5. The number of halogens is 2. The van der Waals surface area contributed by atoms with Crippen LogP contribution < -0.4 is 0 Å². The maximum atomic E-state index is 10.8. The summed E-state index contributed by atoms with van der Waals surface area (Å²) in [5.41, 5.74) is 12.6. The maximum absolute atomic E-state index is 10.8. The van der Waals surface area contributed by atoms with E-state index in [9.17, 15) is 28.8 Å². The summed E-state index contributed by atoms with van der Waals surface area (Å²) in [6, 6.07) is 57.3. The van der Waals surface area contributed by atoms with Crippen molar-refractivity contribution in [1.82, 2.24) is 91.1 Å². The van der Waals surface area contributed by atoms with E-state index < -0.39 is 35.8 Å². The highest BCUT2D eigenvalue weighted by Crippen LogP contribution is 2.34. The fourth-order valence-corrected chi connectivity index (χ4v) is 12.0. The van der Waals surface area contributed by atoms with E-state index in [1.807, 2.05) is 63.4 Å². The molecule has 0 bridgehead atoms. The first-order valence-corrected chi connectivity index (χ1v) is 39.3. The molecule has 12 aromatic heterocycles. The molecule has 39 heteroatoms. The van der Waals surface area contributed by atoms with Crippen LogP contribution in [-0.2, 0) is 0 Å². The molecule has 0 aliphatic heterocycles. The molecular formula is C89H62Cl2N18O18S. The number of hydrogen-bond donors (Lipinski definition) is 6. The summed E-state index contributed by atoms with van der Waals surface area (Å²) in [5.74, 6) is -1.95. The molecule has 18 rings (SSSR count). The normalized spacial score (nSPS) is 10.6. The molecule has 128 heavy (non-hydrogen) atoms. The van der Waals surface area contributed by atoms with Crippen molar-refractivity contribution < 1.29 is 85.9 Å². The number of nitrogens with zero attached hydrogens (tertiary/aromatic N) is 18. The Morgan fingerprint density at radius 2 is 0.617 bits per heavy atom. The minimum atomic E-state index is -0.991. The van der Waals surface area contributed by atoms with E-state index in [2.05, 4.69) is 91.1 Å². The van der Waals surface area contributed by atoms with Crippen LogP contribution in [0, 0.1) is 27.7 Å². The Morgan fingerprint density at radius 3 is 0.969 bits per heavy atom. The van der Waals surface area contributed by atoms with Gasteiger partial charge in [-0.1, -0.05) is 29.3 Å². The quantitative estimate of drug-likeness (QED) is 0.0323. The van der Waals surface area contributed by atoms with Crippen molar-refractivity contribution >= 4 is 70.8 Å². The smallest absolute Gasteiger partial charge is 0.335 e. The van der Waals surface area contributed by atoms with Crippen LogP contribution in [-0.4, -0.2) is 164 Å². The summed E-state index contributed by atoms with van der Waals surface area (Å²) in [7, 11) is 0. The summed E-state index contributed by atoms with van der Waals surface area (Å²) < 4.78 is 33.6. The molecule has 0 aliphatic carbocycles. The number of carbonyl (C=O) groups is 6. The highest BCUT2D eigenvalue weighted by molar-refractivity contribution is 7.98. The Bertz CT molecular complexity index is 6840. The second-order valence-electron chi connectivity index (χ2n) is 26.6. The number of pyridine rings is 6. The largest absolute Gasteiger partial charge is 0.478 e. The van der Waals surface area contributed by atoms with Crippen molar-refractivity contribution in [2.75, 3.05) is 6.26 Å². The van der Waals surface area contributed by atoms with Gasteiger partial charge in [-0.15, -0.1) is 72.9 Å². The third-order valence-corrected chi connectivity index (χ3v) is 19.1. The van der Waals surface area contributed by atoms with Crippen LogP contribution in [0.25, 0.3) is 138 Å². The van der Waals surface area contributed by atoms with Gasteiger partial charge in [-0.25, -0.2) is 43.7 Å². The lowest BCUT2D eigenvalue weighted by Gasteiger charge is -2.00. The van der Waals surface area contributed by atoms with E-state index in [0.29, 0.717) is 114 Å². The van der Waals surface area contributed by atoms with Gasteiger partial charge in [0.2, 0.25) is 53.0 Å². The monoisotopic (exact) mass is 1770 g/mol. The summed E-state index contributed by atoms with van der Waals surface area (Å²) in [6.07, 6.45) is 11.9. The predicted molar refractivity (Wildman–Crippen MR) is 460 cm³/mol. The van der Waals surface area contributed by atoms with Crippen LogP contribution in [0.5, 0.6) is 0 Å². The van der Waals surface area contributed by atoms with Gasteiger partial charge in [0, 0.05) is 81.9 Å². The molecule has 0 saturated carbocycles. The minimum absolute atomic E-state index is 0.189. The maximum Gasteiger partial charge on any atom is 0.335 e. The van der Waals surface area contributed by atoms with Gasteiger partial charge < -0.3 is 57.1 Å². The molecule has 0 spiro atoms. The lowest BCUT2D eigenvalue weighted by molar-refractivity contribution is 0.0686. The number of rotatable bonds is 19. The number of aromatic carboxylic acids is 6. The van der Waals surface area contributed by atoms with E-state index in [-0.39, 0.29) is 50.3 Å². The van der Waals surface area contributed by atoms with Crippen molar-refractivity contribution in [1.29, 1.82) is 0 Å². The zero-order valence-electron chi connectivity index (χ0n) is 67.0. The molecular weight excluding hydrogens is 1710 g/mol. The molecule has 36 nitrogen and oxygen atoms in total. The van der Waals surface area contributed by atoms with Crippen molar-refractivity contribution in [2.45, 2.75) is 32.7 Å². The number of aromatic nitrogens is 18. The average Bonchev–Trinajstić information content (AvgIpc) is 1.60. The molecule has 6 aromatic carbocycles. The first-order chi connectivity index (χ1) is 61.8. The van der Waals surface area contributed by atoms with E-state index in [1.165, 1.54) is 84.6 Å². The third-order valence-electron chi connectivity index (χ3n) is 17.7. The number of carboxylic acids is 6. The molecule has 0 aliphatic rings. The fraction of sp³-hybridized carbons (Fsp3) is 0.0562. The number of carboxylic acid groups (broad SMARTS) is 6. The lowest BCUT2D eigenvalue weighted by atomic mass is 10.1. The standard InChI is InChI=1S/C15H10ClN3O3.C15H11N3O3S.3C15H11N3O3.C14H8ClN3O3/c1-8-12(16)6-11(7-17-8)14-19-18-13(22-14)9-2-4-10(5-3-9)15(20)21;1-22-14-11(3-2-8-16-14)13-18-17-12(21-13)9-4-6-10(7-5-9)15(19)20;1-9-6-12(8-16-7-9)14-18-17-13(21-14)10-2-4-11(5-3-10)15(19)20;1-9-2-3-12(8-16-9)14-18-17-13(21-14)10-4-6-11(7-5-10)15(19)20;1-9-3-2-4-12(16-9)14-18-17-13(21-14)10-5-7-11(8-6-10)15(19)20;15-11-10(2-1-7-16-11)13-18-17-12(21-13)8-3-5-9(6-4-8)14(19)20/h2-7H,1H3,(H,20,21);2-8H,1H3,(H,19,20);3*2-8H,1H3,(H,19,20);1-7H,(H,19,20). The highest BCUT2D eigenvalue weighted by Gasteiger charge is 2.21. The van der Waals surface area contributed by atoms with Crippen LogP contribution in [0.1, 0.15) is 84.8 Å².